The van der Waals surface area contributed by atoms with Crippen molar-refractivity contribution in [3.05, 3.63) is 45.1 Å². The van der Waals surface area contributed by atoms with Crippen molar-refractivity contribution in [2.75, 3.05) is 20.2 Å². The van der Waals surface area contributed by atoms with Gasteiger partial charge in [-0.2, -0.15) is 0 Å². The normalized spacial score (nSPS) is 28.9. The van der Waals surface area contributed by atoms with Gasteiger partial charge < -0.3 is 9.84 Å². The summed E-state index contributed by atoms with van der Waals surface area (Å²) in [5, 5.41) is 12.8. The molecule has 5 atom stereocenters. The van der Waals surface area contributed by atoms with E-state index < -0.39 is 6.10 Å². The summed E-state index contributed by atoms with van der Waals surface area (Å²) in [6.45, 7) is 5.98. The Labute approximate surface area is 172 Å². The Kier molecular flexibility index (Phi) is 5.16. The summed E-state index contributed by atoms with van der Waals surface area (Å²) in [6, 6.07) is 5.81. The smallest absolute Gasteiger partial charge is 0.121 e. The fraction of sp³-hybridized carbons (Fsp3) is 0.450. The Morgan fingerprint density at radius 2 is 2.31 bits per heavy atom. The quantitative estimate of drug-likeness (QED) is 0.396. The molecule has 2 aromatic rings. The molecule has 3 fully saturated rings. The molecule has 0 aliphatic carbocycles. The summed E-state index contributed by atoms with van der Waals surface area (Å²) in [7, 11) is 1.64. The monoisotopic (exact) mass is 484 g/mol. The molecular weight excluding hydrogens is 463 g/mol. The summed E-state index contributed by atoms with van der Waals surface area (Å²) in [4.78, 5) is 6.97. The van der Waals surface area contributed by atoms with Gasteiger partial charge in [-0.25, -0.2) is 4.98 Å². The SMILES string of the molecule is C=C[C@H]1CN2CCC1C[C@H]2[C@H](O)c1c(Cl)c(I)nc2ccc(OC)cc12. The molecular formula is C20H22ClIN2O2. The van der Waals surface area contributed by atoms with Crippen LogP contribution in [0, 0.1) is 15.5 Å². The number of hydrogen-bond acceptors (Lipinski definition) is 4. The molecule has 26 heavy (non-hydrogen) atoms. The number of aliphatic hydroxyl groups excluding tert-OH is 1. The lowest BCUT2D eigenvalue weighted by atomic mass is 9.73. The molecule has 5 rings (SSSR count). The van der Waals surface area contributed by atoms with Gasteiger partial charge in [-0.3, -0.25) is 4.90 Å². The number of piperidine rings is 3. The second-order valence-corrected chi connectivity index (χ2v) is 8.60. The van der Waals surface area contributed by atoms with Crippen LogP contribution in [0.5, 0.6) is 5.75 Å². The molecule has 6 heteroatoms. The van der Waals surface area contributed by atoms with Gasteiger partial charge in [0.05, 0.1) is 23.8 Å². The third-order valence-corrected chi connectivity index (χ3v) is 7.43. The van der Waals surface area contributed by atoms with E-state index in [1.165, 1.54) is 6.42 Å². The summed E-state index contributed by atoms with van der Waals surface area (Å²) in [5.41, 5.74) is 1.60. The number of hydrogen-bond donors (Lipinski definition) is 1. The van der Waals surface area contributed by atoms with E-state index in [-0.39, 0.29) is 6.04 Å². The van der Waals surface area contributed by atoms with Gasteiger partial charge >= 0.3 is 0 Å². The van der Waals surface area contributed by atoms with E-state index in [1.54, 1.807) is 7.11 Å². The number of aromatic nitrogens is 1. The van der Waals surface area contributed by atoms with Gasteiger partial charge in [-0.15, -0.1) is 6.58 Å². The topological polar surface area (TPSA) is 45.6 Å². The van der Waals surface area contributed by atoms with Crippen LogP contribution < -0.4 is 4.74 Å². The lowest BCUT2D eigenvalue weighted by molar-refractivity contribution is -0.0444. The van der Waals surface area contributed by atoms with Crippen LogP contribution in [0.1, 0.15) is 24.5 Å². The first kappa shape index (κ1) is 18.5. The molecule has 3 saturated heterocycles. The number of benzene rings is 1. The molecule has 1 aromatic carbocycles. The third kappa shape index (κ3) is 3.03. The summed E-state index contributed by atoms with van der Waals surface area (Å²) >= 11 is 8.77. The first-order valence-electron chi connectivity index (χ1n) is 8.90. The van der Waals surface area contributed by atoms with Crippen molar-refractivity contribution in [1.82, 2.24) is 9.88 Å². The minimum atomic E-state index is -0.651. The van der Waals surface area contributed by atoms with E-state index in [9.17, 15) is 5.11 Å². The average Bonchev–Trinajstić information content (AvgIpc) is 2.68. The first-order chi connectivity index (χ1) is 12.5. The van der Waals surface area contributed by atoms with Crippen molar-refractivity contribution in [3.8, 4) is 5.75 Å². The molecule has 3 aliphatic rings. The highest BCUT2D eigenvalue weighted by atomic mass is 127. The fourth-order valence-electron chi connectivity index (χ4n) is 4.53. The van der Waals surface area contributed by atoms with Crippen LogP contribution in [-0.2, 0) is 0 Å². The zero-order valence-electron chi connectivity index (χ0n) is 14.7. The van der Waals surface area contributed by atoms with Crippen molar-refractivity contribution < 1.29 is 9.84 Å². The maximum atomic E-state index is 11.4. The number of methoxy groups -OCH3 is 1. The lowest BCUT2D eigenvalue weighted by Gasteiger charge is -2.50. The zero-order valence-corrected chi connectivity index (χ0v) is 17.6. The van der Waals surface area contributed by atoms with Gasteiger partial charge in [-0.1, -0.05) is 17.7 Å². The Hall–Kier alpha value is -0.890. The van der Waals surface area contributed by atoms with Crippen LogP contribution in [-0.4, -0.2) is 41.2 Å². The number of ether oxygens (including phenoxy) is 1. The number of aliphatic hydroxyl groups is 1. The van der Waals surface area contributed by atoms with Crippen molar-refractivity contribution >= 4 is 45.1 Å². The maximum Gasteiger partial charge on any atom is 0.121 e. The third-order valence-electron chi connectivity index (χ3n) is 5.94. The second-order valence-electron chi connectivity index (χ2n) is 7.20. The van der Waals surface area contributed by atoms with E-state index >= 15 is 0 Å². The number of nitrogens with zero attached hydrogens (tertiary/aromatic N) is 2. The predicted molar refractivity (Wildman–Crippen MR) is 113 cm³/mol. The predicted octanol–water partition coefficient (Wildman–Crippen LogP) is 4.43. The van der Waals surface area contributed by atoms with Gasteiger partial charge in [0.15, 0.2) is 0 Å². The van der Waals surface area contributed by atoms with Crippen LogP contribution in [0.2, 0.25) is 5.02 Å². The van der Waals surface area contributed by atoms with Crippen LogP contribution in [0.4, 0.5) is 0 Å². The minimum absolute atomic E-state index is 0.0788. The van der Waals surface area contributed by atoms with Crippen molar-refractivity contribution in [2.24, 2.45) is 11.8 Å². The van der Waals surface area contributed by atoms with Gasteiger partial charge in [0.2, 0.25) is 0 Å². The molecule has 4 heterocycles. The molecule has 0 spiro atoms. The molecule has 1 N–H and O–H groups in total. The zero-order chi connectivity index (χ0) is 18.4. The number of fused-ring (bicyclic) bond motifs is 4. The molecule has 0 saturated carbocycles. The number of halogens is 2. The molecule has 0 radical (unpaired) electrons. The molecule has 4 nitrogen and oxygen atoms in total. The Balaban J connectivity index is 1.78. The first-order valence-corrected chi connectivity index (χ1v) is 10.4. The molecule has 3 aliphatic heterocycles. The van der Waals surface area contributed by atoms with E-state index in [1.807, 2.05) is 18.2 Å². The van der Waals surface area contributed by atoms with Crippen molar-refractivity contribution in [1.29, 1.82) is 0 Å². The molecule has 2 bridgehead atoms. The Morgan fingerprint density at radius 3 is 2.96 bits per heavy atom. The van der Waals surface area contributed by atoms with Gasteiger partial charge in [0.1, 0.15) is 9.45 Å². The summed E-state index contributed by atoms with van der Waals surface area (Å²) < 4.78 is 6.09. The van der Waals surface area contributed by atoms with E-state index in [0.717, 1.165) is 45.4 Å². The van der Waals surface area contributed by atoms with E-state index in [2.05, 4.69) is 45.1 Å². The van der Waals surface area contributed by atoms with E-state index in [0.29, 0.717) is 16.9 Å². The molecule has 138 valence electrons. The van der Waals surface area contributed by atoms with Crippen molar-refractivity contribution in [2.45, 2.75) is 25.0 Å². The lowest BCUT2D eigenvalue weighted by Crippen LogP contribution is -2.54. The fourth-order valence-corrected chi connectivity index (χ4v) is 5.33. The Morgan fingerprint density at radius 1 is 1.50 bits per heavy atom. The van der Waals surface area contributed by atoms with Crippen LogP contribution in [0.15, 0.2) is 30.9 Å². The standard InChI is InChI=1S/C20H22ClIN2O2/c1-3-11-10-24-7-6-12(11)8-16(24)19(25)17-14-9-13(26-2)4-5-15(14)23-20(22)18(17)21/h3-5,9,11-12,16,19,25H,1,6-8,10H2,2H3/t11-,12?,16-,19-/m0/s1. The van der Waals surface area contributed by atoms with Crippen LogP contribution in [0.25, 0.3) is 10.9 Å². The largest absolute Gasteiger partial charge is 0.497 e. The van der Waals surface area contributed by atoms with Gasteiger partial charge in [0, 0.05) is 23.5 Å². The molecule has 2 unspecified atom stereocenters. The second kappa shape index (κ2) is 7.26. The highest BCUT2D eigenvalue weighted by Crippen LogP contribution is 2.44. The van der Waals surface area contributed by atoms with Gasteiger partial charge in [0.25, 0.3) is 0 Å². The van der Waals surface area contributed by atoms with Crippen LogP contribution in [0.3, 0.4) is 0 Å². The number of pyridine rings is 1. The Bertz CT molecular complexity index is 859. The number of rotatable bonds is 4. The minimum Gasteiger partial charge on any atom is -0.497 e. The van der Waals surface area contributed by atoms with Gasteiger partial charge in [-0.05, 0) is 72.0 Å². The highest BCUT2D eigenvalue weighted by molar-refractivity contribution is 14.1. The molecule has 0 amide bonds. The van der Waals surface area contributed by atoms with E-state index in [4.69, 9.17) is 16.3 Å². The van der Waals surface area contributed by atoms with Crippen molar-refractivity contribution in [3.63, 3.8) is 0 Å². The summed E-state index contributed by atoms with van der Waals surface area (Å²) in [6.07, 6.45) is 3.57. The molecule has 1 aromatic heterocycles. The highest BCUT2D eigenvalue weighted by Gasteiger charge is 2.43. The maximum absolute atomic E-state index is 11.4. The van der Waals surface area contributed by atoms with Crippen LogP contribution >= 0.6 is 34.2 Å². The average molecular weight is 485 g/mol. The summed E-state index contributed by atoms with van der Waals surface area (Å²) in [5.74, 6) is 1.86.